The monoisotopic (exact) mass is 306 g/mol. The van der Waals surface area contributed by atoms with Crippen molar-refractivity contribution in [3.05, 3.63) is 0 Å². The Kier molecular flexibility index (Phi) is 5.38. The maximum atomic E-state index is 11.6. The number of carbonyl (C=O) groups excluding carboxylic acids is 2. The molecule has 1 saturated heterocycles. The Labute approximate surface area is 119 Å². The van der Waals surface area contributed by atoms with Crippen LogP contribution >= 0.6 is 0 Å². The molecule has 1 fully saturated rings. The first-order chi connectivity index (χ1) is 9.07. The average molecular weight is 306 g/mol. The second-order valence-corrected chi connectivity index (χ2v) is 8.07. The summed E-state index contributed by atoms with van der Waals surface area (Å²) >= 11 is 0. The van der Waals surface area contributed by atoms with Crippen LogP contribution in [0.2, 0.25) is 0 Å². The fourth-order valence-corrected chi connectivity index (χ4v) is 3.47. The molecular formula is C12H22N2O5S. The van der Waals surface area contributed by atoms with E-state index in [1.165, 1.54) is 0 Å². The Bertz CT molecular complexity index is 467. The molecule has 1 aliphatic heterocycles. The molecule has 0 radical (unpaired) electrons. The van der Waals surface area contributed by atoms with E-state index in [0.29, 0.717) is 6.42 Å². The van der Waals surface area contributed by atoms with Crippen LogP contribution in [0.25, 0.3) is 0 Å². The van der Waals surface area contributed by atoms with Crippen LogP contribution in [-0.4, -0.2) is 50.1 Å². The summed E-state index contributed by atoms with van der Waals surface area (Å²) < 4.78 is 27.5. The van der Waals surface area contributed by atoms with Crippen molar-refractivity contribution in [2.75, 3.05) is 18.1 Å². The number of nitrogens with one attached hydrogen (secondary N) is 2. The summed E-state index contributed by atoms with van der Waals surface area (Å²) in [6, 6.07) is -0.311. The standard InChI is InChI=1S/C12H22N2O5S/c1-12(2,3)19-11(16)13-6-4-10(15)14-9-5-7-20(17,18)8-9/h9H,4-8H2,1-3H3,(H,13,16)(H,14,15). The summed E-state index contributed by atoms with van der Waals surface area (Å²) in [5.74, 6) is -0.157. The van der Waals surface area contributed by atoms with Gasteiger partial charge in [-0.25, -0.2) is 13.2 Å². The highest BCUT2D eigenvalue weighted by molar-refractivity contribution is 7.91. The first kappa shape index (κ1) is 16.7. The zero-order chi connectivity index (χ0) is 15.4. The van der Waals surface area contributed by atoms with E-state index in [1.807, 2.05) is 0 Å². The number of hydrogen-bond donors (Lipinski definition) is 2. The van der Waals surface area contributed by atoms with E-state index in [9.17, 15) is 18.0 Å². The number of amides is 2. The number of ether oxygens (including phenoxy) is 1. The quantitative estimate of drug-likeness (QED) is 0.773. The molecule has 0 aromatic heterocycles. The smallest absolute Gasteiger partial charge is 0.407 e. The molecular weight excluding hydrogens is 284 g/mol. The first-order valence-electron chi connectivity index (χ1n) is 6.54. The van der Waals surface area contributed by atoms with E-state index >= 15 is 0 Å². The molecule has 0 saturated carbocycles. The Hall–Kier alpha value is -1.31. The lowest BCUT2D eigenvalue weighted by molar-refractivity contribution is -0.121. The summed E-state index contributed by atoms with van der Waals surface area (Å²) in [4.78, 5) is 22.9. The van der Waals surface area contributed by atoms with Crippen molar-refractivity contribution in [2.24, 2.45) is 0 Å². The van der Waals surface area contributed by atoms with Gasteiger partial charge in [0.25, 0.3) is 0 Å². The largest absolute Gasteiger partial charge is 0.444 e. The zero-order valence-electron chi connectivity index (χ0n) is 12.1. The van der Waals surface area contributed by atoms with Gasteiger partial charge in [-0.05, 0) is 27.2 Å². The first-order valence-corrected chi connectivity index (χ1v) is 8.36. The Morgan fingerprint density at radius 1 is 1.30 bits per heavy atom. The molecule has 1 unspecified atom stereocenters. The molecule has 20 heavy (non-hydrogen) atoms. The normalized spacial score (nSPS) is 21.2. The minimum Gasteiger partial charge on any atom is -0.444 e. The third kappa shape index (κ3) is 6.74. The summed E-state index contributed by atoms with van der Waals surface area (Å²) in [5.41, 5.74) is -0.579. The molecule has 7 nitrogen and oxygen atoms in total. The highest BCUT2D eigenvalue weighted by Gasteiger charge is 2.28. The predicted molar refractivity (Wildman–Crippen MR) is 74.1 cm³/mol. The van der Waals surface area contributed by atoms with Crippen molar-refractivity contribution in [1.82, 2.24) is 10.6 Å². The van der Waals surface area contributed by atoms with Gasteiger partial charge in [-0.3, -0.25) is 4.79 Å². The number of carbonyl (C=O) groups is 2. The maximum absolute atomic E-state index is 11.6. The molecule has 0 bridgehead atoms. The van der Waals surface area contributed by atoms with Crippen molar-refractivity contribution in [3.8, 4) is 0 Å². The summed E-state index contributed by atoms with van der Waals surface area (Å²) in [5, 5.41) is 5.12. The molecule has 8 heteroatoms. The number of sulfone groups is 1. The molecule has 1 aliphatic rings. The Balaban J connectivity index is 2.20. The van der Waals surface area contributed by atoms with Gasteiger partial charge in [0.15, 0.2) is 9.84 Å². The van der Waals surface area contributed by atoms with Gasteiger partial charge in [0.05, 0.1) is 11.5 Å². The number of rotatable bonds is 4. The fraction of sp³-hybridized carbons (Fsp3) is 0.833. The van der Waals surface area contributed by atoms with E-state index in [2.05, 4.69) is 10.6 Å². The highest BCUT2D eigenvalue weighted by atomic mass is 32.2. The van der Waals surface area contributed by atoms with Gasteiger partial charge in [0.1, 0.15) is 5.60 Å². The van der Waals surface area contributed by atoms with Crippen LogP contribution in [0.5, 0.6) is 0 Å². The number of alkyl carbamates (subject to hydrolysis) is 1. The van der Waals surface area contributed by atoms with E-state index < -0.39 is 21.5 Å². The van der Waals surface area contributed by atoms with E-state index in [4.69, 9.17) is 4.74 Å². The van der Waals surface area contributed by atoms with Gasteiger partial charge in [-0.2, -0.15) is 0 Å². The predicted octanol–water partition coefficient (Wildman–Crippen LogP) is 0.205. The van der Waals surface area contributed by atoms with Gasteiger partial charge in [-0.1, -0.05) is 0 Å². The van der Waals surface area contributed by atoms with Crippen molar-refractivity contribution < 1.29 is 22.7 Å². The maximum Gasteiger partial charge on any atom is 0.407 e. The molecule has 0 spiro atoms. The molecule has 0 aromatic carbocycles. The second kappa shape index (κ2) is 6.43. The lowest BCUT2D eigenvalue weighted by atomic mass is 10.2. The summed E-state index contributed by atoms with van der Waals surface area (Å²) in [7, 11) is -3.00. The van der Waals surface area contributed by atoms with Crippen molar-refractivity contribution >= 4 is 21.8 Å². The van der Waals surface area contributed by atoms with Crippen LogP contribution in [0.3, 0.4) is 0 Å². The lowest BCUT2D eigenvalue weighted by Crippen LogP contribution is -2.38. The molecule has 1 rings (SSSR count). The third-order valence-electron chi connectivity index (χ3n) is 2.62. The van der Waals surface area contributed by atoms with E-state index in [0.717, 1.165) is 0 Å². The van der Waals surface area contributed by atoms with Gasteiger partial charge in [0.2, 0.25) is 5.91 Å². The molecule has 2 N–H and O–H groups in total. The molecule has 0 aromatic rings. The topological polar surface area (TPSA) is 102 Å². The third-order valence-corrected chi connectivity index (χ3v) is 4.39. The van der Waals surface area contributed by atoms with Gasteiger partial charge in [0, 0.05) is 19.0 Å². The lowest BCUT2D eigenvalue weighted by Gasteiger charge is -2.19. The van der Waals surface area contributed by atoms with Crippen molar-refractivity contribution in [3.63, 3.8) is 0 Å². The molecule has 0 aliphatic carbocycles. The fourth-order valence-electron chi connectivity index (χ4n) is 1.80. The van der Waals surface area contributed by atoms with Crippen LogP contribution in [0.4, 0.5) is 4.79 Å². The molecule has 116 valence electrons. The highest BCUT2D eigenvalue weighted by Crippen LogP contribution is 2.11. The van der Waals surface area contributed by atoms with Crippen molar-refractivity contribution in [2.45, 2.75) is 45.3 Å². The zero-order valence-corrected chi connectivity index (χ0v) is 12.9. The summed E-state index contributed by atoms with van der Waals surface area (Å²) in [6.45, 7) is 5.40. The minimum atomic E-state index is -3.00. The van der Waals surface area contributed by atoms with Crippen LogP contribution in [0.15, 0.2) is 0 Å². The average Bonchev–Trinajstić information content (AvgIpc) is 2.55. The SMILES string of the molecule is CC(C)(C)OC(=O)NCCC(=O)NC1CCS(=O)(=O)C1. The van der Waals surface area contributed by atoms with Gasteiger partial charge in [-0.15, -0.1) is 0 Å². The molecule has 2 amide bonds. The summed E-state index contributed by atoms with van der Waals surface area (Å²) in [6.07, 6.45) is -0.0302. The van der Waals surface area contributed by atoms with Crippen molar-refractivity contribution in [1.29, 1.82) is 0 Å². The van der Waals surface area contributed by atoms with Gasteiger partial charge >= 0.3 is 6.09 Å². The van der Waals surface area contributed by atoms with Gasteiger partial charge < -0.3 is 15.4 Å². The Morgan fingerprint density at radius 2 is 1.95 bits per heavy atom. The van der Waals surface area contributed by atoms with Crippen LogP contribution in [0.1, 0.15) is 33.6 Å². The minimum absolute atomic E-state index is 0.00175. The van der Waals surface area contributed by atoms with Crippen LogP contribution in [0, 0.1) is 0 Å². The second-order valence-electron chi connectivity index (χ2n) is 5.85. The Morgan fingerprint density at radius 3 is 2.45 bits per heavy atom. The van der Waals surface area contributed by atoms with Crippen LogP contribution < -0.4 is 10.6 Å². The van der Waals surface area contributed by atoms with E-state index in [1.54, 1.807) is 20.8 Å². The number of hydrogen-bond acceptors (Lipinski definition) is 5. The molecule has 1 atom stereocenters. The van der Waals surface area contributed by atoms with E-state index in [-0.39, 0.29) is 36.4 Å². The van der Waals surface area contributed by atoms with Crippen LogP contribution in [-0.2, 0) is 19.4 Å². The molecule has 1 heterocycles.